The largest absolute Gasteiger partial charge is 0.371 e. The molecular formula is C22H31N7O. The van der Waals surface area contributed by atoms with Gasteiger partial charge in [-0.2, -0.15) is 0 Å². The number of anilines is 1. The highest BCUT2D eigenvalue weighted by atomic mass is 16.2. The number of hydrogen-bond acceptors (Lipinski definition) is 6. The van der Waals surface area contributed by atoms with Crippen molar-refractivity contribution in [3.8, 4) is 0 Å². The highest BCUT2D eigenvalue weighted by Crippen LogP contribution is 2.30. The Hall–Kier alpha value is -2.48. The Bertz CT molecular complexity index is 850. The van der Waals surface area contributed by atoms with Crippen LogP contribution < -0.4 is 4.90 Å². The van der Waals surface area contributed by atoms with E-state index in [1.807, 2.05) is 29.2 Å². The fourth-order valence-electron chi connectivity index (χ4n) is 4.80. The maximum atomic E-state index is 13.2. The fraction of sp³-hybridized carbons (Fsp3) is 0.636. The monoisotopic (exact) mass is 409 g/mol. The van der Waals surface area contributed by atoms with Crippen molar-refractivity contribution in [1.82, 2.24) is 29.8 Å². The second-order valence-corrected chi connectivity index (χ2v) is 8.87. The van der Waals surface area contributed by atoms with Crippen LogP contribution in [0.2, 0.25) is 0 Å². The van der Waals surface area contributed by atoms with Crippen molar-refractivity contribution in [1.29, 1.82) is 0 Å². The van der Waals surface area contributed by atoms with Crippen molar-refractivity contribution < 1.29 is 4.79 Å². The highest BCUT2D eigenvalue weighted by Gasteiger charge is 2.32. The van der Waals surface area contributed by atoms with Gasteiger partial charge in [-0.15, -0.1) is 5.10 Å². The zero-order chi connectivity index (χ0) is 20.3. The summed E-state index contributed by atoms with van der Waals surface area (Å²) in [5.41, 5.74) is 2.21. The van der Waals surface area contributed by atoms with Gasteiger partial charge in [0.1, 0.15) is 0 Å². The average Bonchev–Trinajstić information content (AvgIpc) is 3.33. The maximum Gasteiger partial charge on any atom is 0.227 e. The van der Waals surface area contributed by atoms with Crippen molar-refractivity contribution in [2.75, 3.05) is 44.2 Å². The van der Waals surface area contributed by atoms with Crippen LogP contribution in [0.3, 0.4) is 0 Å². The molecule has 0 aromatic carbocycles. The van der Waals surface area contributed by atoms with E-state index in [1.54, 1.807) is 0 Å². The van der Waals surface area contributed by atoms with E-state index in [0.29, 0.717) is 11.9 Å². The zero-order valence-electron chi connectivity index (χ0n) is 17.6. The van der Waals surface area contributed by atoms with Crippen LogP contribution in [-0.4, -0.2) is 75.0 Å². The third-order valence-electron chi connectivity index (χ3n) is 6.86. The van der Waals surface area contributed by atoms with Crippen LogP contribution in [-0.2, 0) is 11.3 Å². The predicted molar refractivity (Wildman–Crippen MR) is 114 cm³/mol. The van der Waals surface area contributed by atoms with Gasteiger partial charge in [-0.3, -0.25) is 14.7 Å². The van der Waals surface area contributed by atoms with Gasteiger partial charge in [0.05, 0.1) is 23.9 Å². The summed E-state index contributed by atoms with van der Waals surface area (Å²) in [5, 5.41) is 8.70. The summed E-state index contributed by atoms with van der Waals surface area (Å²) in [5.74, 6) is 0.427. The van der Waals surface area contributed by atoms with Gasteiger partial charge in [0.2, 0.25) is 5.91 Å². The molecule has 30 heavy (non-hydrogen) atoms. The van der Waals surface area contributed by atoms with Crippen LogP contribution in [0, 0.1) is 5.92 Å². The normalized spacial score (nSPS) is 23.4. The molecule has 8 nitrogen and oxygen atoms in total. The zero-order valence-corrected chi connectivity index (χ0v) is 17.6. The Morgan fingerprint density at radius 1 is 1.00 bits per heavy atom. The Labute approximate surface area is 177 Å². The van der Waals surface area contributed by atoms with E-state index >= 15 is 0 Å². The van der Waals surface area contributed by atoms with Gasteiger partial charge in [0.15, 0.2) is 0 Å². The Morgan fingerprint density at radius 2 is 1.87 bits per heavy atom. The molecule has 160 valence electrons. The van der Waals surface area contributed by atoms with Crippen molar-refractivity contribution in [2.24, 2.45) is 5.92 Å². The SMILES string of the molecule is O=C(C1CCN(c2ccncc2)C1)N1CCCN(Cc2cn(C3CCC3)nn2)CC1. The summed E-state index contributed by atoms with van der Waals surface area (Å²) in [4.78, 5) is 24.1. The van der Waals surface area contributed by atoms with Gasteiger partial charge in [-0.25, -0.2) is 4.68 Å². The standard InChI is InChI=1S/C22H31N7O/c30-22(18-7-12-28(15-18)20-5-8-23-9-6-20)27-11-2-10-26(13-14-27)16-19-17-29(25-24-19)21-3-1-4-21/h5-6,8-9,17-18,21H,1-4,7,10-16H2. The van der Waals surface area contributed by atoms with Crippen LogP contribution in [0.5, 0.6) is 0 Å². The van der Waals surface area contributed by atoms with Crippen LogP contribution in [0.25, 0.3) is 0 Å². The van der Waals surface area contributed by atoms with Crippen molar-refractivity contribution in [3.63, 3.8) is 0 Å². The lowest BCUT2D eigenvalue weighted by molar-refractivity contribution is -0.134. The number of pyridine rings is 1. The lowest BCUT2D eigenvalue weighted by Gasteiger charge is -2.25. The van der Waals surface area contributed by atoms with Gasteiger partial charge in [-0.05, 0) is 44.2 Å². The first-order chi connectivity index (χ1) is 14.8. The molecule has 0 bridgehead atoms. The molecule has 1 aliphatic carbocycles. The topological polar surface area (TPSA) is 70.4 Å². The quantitative estimate of drug-likeness (QED) is 0.752. The third kappa shape index (κ3) is 4.19. The van der Waals surface area contributed by atoms with Crippen LogP contribution in [0.4, 0.5) is 5.69 Å². The molecule has 2 saturated heterocycles. The molecule has 5 rings (SSSR count). The molecule has 2 aromatic heterocycles. The summed E-state index contributed by atoms with van der Waals surface area (Å²) >= 11 is 0. The van der Waals surface area contributed by atoms with E-state index in [2.05, 4.69) is 36.2 Å². The number of aromatic nitrogens is 4. The molecular weight excluding hydrogens is 378 g/mol. The highest BCUT2D eigenvalue weighted by molar-refractivity contribution is 5.80. The summed E-state index contributed by atoms with van der Waals surface area (Å²) in [6.07, 6.45) is 11.5. The van der Waals surface area contributed by atoms with E-state index in [1.165, 1.54) is 19.3 Å². The third-order valence-corrected chi connectivity index (χ3v) is 6.86. The first-order valence-corrected chi connectivity index (χ1v) is 11.3. The Morgan fingerprint density at radius 3 is 2.67 bits per heavy atom. The lowest BCUT2D eigenvalue weighted by atomic mass is 9.93. The smallest absolute Gasteiger partial charge is 0.227 e. The van der Waals surface area contributed by atoms with Gasteiger partial charge >= 0.3 is 0 Å². The lowest BCUT2D eigenvalue weighted by Crippen LogP contribution is -2.39. The van der Waals surface area contributed by atoms with Crippen molar-refractivity contribution in [2.45, 2.75) is 44.7 Å². The summed E-state index contributed by atoms with van der Waals surface area (Å²) < 4.78 is 2.04. The molecule has 2 aromatic rings. The first kappa shape index (κ1) is 19.5. The summed E-state index contributed by atoms with van der Waals surface area (Å²) in [7, 11) is 0. The van der Waals surface area contributed by atoms with Gasteiger partial charge in [0, 0.05) is 63.9 Å². The van der Waals surface area contributed by atoms with Crippen molar-refractivity contribution >= 4 is 11.6 Å². The second-order valence-electron chi connectivity index (χ2n) is 8.87. The number of carbonyl (C=O) groups excluding carboxylic acids is 1. The summed E-state index contributed by atoms with van der Waals surface area (Å²) in [6.45, 7) is 6.16. The predicted octanol–water partition coefficient (Wildman–Crippen LogP) is 1.96. The molecule has 1 unspecified atom stereocenters. The van der Waals surface area contributed by atoms with E-state index in [4.69, 9.17) is 0 Å². The molecule has 0 N–H and O–H groups in total. The molecule has 3 fully saturated rings. The van der Waals surface area contributed by atoms with Gasteiger partial charge in [-0.1, -0.05) is 5.21 Å². The number of carbonyl (C=O) groups is 1. The van der Waals surface area contributed by atoms with E-state index in [0.717, 1.165) is 70.0 Å². The minimum atomic E-state index is 0.104. The number of hydrogen-bond donors (Lipinski definition) is 0. The molecule has 0 radical (unpaired) electrons. The molecule has 3 aliphatic rings. The van der Waals surface area contributed by atoms with Crippen LogP contribution in [0.15, 0.2) is 30.7 Å². The molecule has 2 aliphatic heterocycles. The average molecular weight is 410 g/mol. The number of rotatable bonds is 5. The molecule has 4 heterocycles. The van der Waals surface area contributed by atoms with Crippen molar-refractivity contribution in [3.05, 3.63) is 36.4 Å². The Balaban J connectivity index is 1.13. The van der Waals surface area contributed by atoms with E-state index in [-0.39, 0.29) is 5.92 Å². The van der Waals surface area contributed by atoms with Crippen LogP contribution in [0.1, 0.15) is 43.8 Å². The Kier molecular flexibility index (Phi) is 5.66. The van der Waals surface area contributed by atoms with E-state index in [9.17, 15) is 4.79 Å². The van der Waals surface area contributed by atoms with E-state index < -0.39 is 0 Å². The van der Waals surface area contributed by atoms with Gasteiger partial charge in [0.25, 0.3) is 0 Å². The second kappa shape index (κ2) is 8.71. The molecule has 0 spiro atoms. The first-order valence-electron chi connectivity index (χ1n) is 11.3. The van der Waals surface area contributed by atoms with Gasteiger partial charge < -0.3 is 9.80 Å². The minimum Gasteiger partial charge on any atom is -0.371 e. The molecule has 8 heteroatoms. The maximum absolute atomic E-state index is 13.2. The molecule has 1 amide bonds. The molecule has 1 saturated carbocycles. The fourth-order valence-corrected chi connectivity index (χ4v) is 4.80. The number of nitrogens with zero attached hydrogens (tertiary/aromatic N) is 7. The number of amides is 1. The molecule has 1 atom stereocenters. The summed E-state index contributed by atoms with van der Waals surface area (Å²) in [6, 6.07) is 4.61. The minimum absolute atomic E-state index is 0.104. The van der Waals surface area contributed by atoms with Crippen LogP contribution >= 0.6 is 0 Å².